The van der Waals surface area contributed by atoms with E-state index in [-0.39, 0.29) is 29.6 Å². The molecule has 1 fully saturated rings. The van der Waals surface area contributed by atoms with Gasteiger partial charge in [0.15, 0.2) is 16.6 Å². The molecular weight excluding hydrogens is 486 g/mol. The Morgan fingerprint density at radius 2 is 1.75 bits per heavy atom. The summed E-state index contributed by atoms with van der Waals surface area (Å²) >= 11 is 5.43. The molecule has 10 nitrogen and oxygen atoms in total. The maximum atomic E-state index is 13.0. The molecule has 0 radical (unpaired) electrons. The lowest BCUT2D eigenvalue weighted by atomic mass is 10.1. The predicted molar refractivity (Wildman–Crippen MR) is 135 cm³/mol. The average molecular weight is 516 g/mol. The first kappa shape index (κ1) is 26.7. The van der Waals surface area contributed by atoms with E-state index in [1.165, 1.54) is 38.4 Å². The van der Waals surface area contributed by atoms with Gasteiger partial charge in [-0.05, 0) is 29.9 Å². The summed E-state index contributed by atoms with van der Waals surface area (Å²) in [6.45, 7) is 0.833. The van der Waals surface area contributed by atoms with Gasteiger partial charge >= 0.3 is 5.97 Å². The number of carbonyl (C=O) groups is 3. The summed E-state index contributed by atoms with van der Waals surface area (Å²) < 4.78 is 21.2. The van der Waals surface area contributed by atoms with Gasteiger partial charge in [0.2, 0.25) is 11.7 Å². The van der Waals surface area contributed by atoms with Crippen molar-refractivity contribution in [2.75, 3.05) is 41.0 Å². The van der Waals surface area contributed by atoms with E-state index in [0.29, 0.717) is 36.8 Å². The van der Waals surface area contributed by atoms with Gasteiger partial charge < -0.3 is 29.2 Å². The fourth-order valence-corrected chi connectivity index (χ4v) is 4.07. The molecule has 0 bridgehead atoms. The van der Waals surface area contributed by atoms with Crippen LogP contribution >= 0.6 is 12.2 Å². The van der Waals surface area contributed by atoms with Crippen molar-refractivity contribution in [1.29, 1.82) is 0 Å². The van der Waals surface area contributed by atoms with Crippen LogP contribution in [-0.2, 0) is 20.7 Å². The van der Waals surface area contributed by atoms with E-state index in [1.54, 1.807) is 0 Å². The van der Waals surface area contributed by atoms with Gasteiger partial charge in [-0.3, -0.25) is 19.7 Å². The van der Waals surface area contributed by atoms with E-state index in [9.17, 15) is 14.4 Å². The number of hydrogen-bond donors (Lipinski definition) is 2. The number of piperazine rings is 1. The van der Waals surface area contributed by atoms with E-state index in [4.69, 9.17) is 31.2 Å². The smallest absolute Gasteiger partial charge is 0.308 e. The summed E-state index contributed by atoms with van der Waals surface area (Å²) in [4.78, 5) is 39.5. The minimum atomic E-state index is -0.907. The Labute approximate surface area is 214 Å². The molecule has 1 heterocycles. The van der Waals surface area contributed by atoms with Crippen molar-refractivity contribution in [3.05, 3.63) is 53.6 Å². The molecule has 2 aromatic carbocycles. The van der Waals surface area contributed by atoms with E-state index >= 15 is 0 Å². The summed E-state index contributed by atoms with van der Waals surface area (Å²) in [6, 6.07) is 11.7. The predicted octanol–water partition coefficient (Wildman–Crippen LogP) is 1.70. The molecule has 1 unspecified atom stereocenters. The summed E-state index contributed by atoms with van der Waals surface area (Å²) in [5, 5.41) is 5.37. The quantitative estimate of drug-likeness (QED) is 0.380. The number of nitrogens with one attached hydrogen (secondary N) is 2. The van der Waals surface area contributed by atoms with Crippen LogP contribution in [-0.4, -0.2) is 74.9 Å². The third-order valence-electron chi connectivity index (χ3n) is 5.60. The monoisotopic (exact) mass is 515 g/mol. The molecule has 0 spiro atoms. The Morgan fingerprint density at radius 1 is 1.08 bits per heavy atom. The van der Waals surface area contributed by atoms with Crippen LogP contribution in [0.25, 0.3) is 0 Å². The van der Waals surface area contributed by atoms with Crippen LogP contribution in [0.3, 0.4) is 0 Å². The minimum absolute atomic E-state index is 0.0192. The molecule has 1 aliphatic rings. The Bertz CT molecular complexity index is 1090. The van der Waals surface area contributed by atoms with Gasteiger partial charge in [0, 0.05) is 25.1 Å². The highest BCUT2D eigenvalue weighted by molar-refractivity contribution is 7.80. The molecule has 1 saturated heterocycles. The third kappa shape index (κ3) is 6.63. The zero-order valence-electron chi connectivity index (χ0n) is 20.4. The Morgan fingerprint density at radius 3 is 2.36 bits per heavy atom. The van der Waals surface area contributed by atoms with E-state index in [1.807, 2.05) is 30.3 Å². The van der Waals surface area contributed by atoms with Crippen LogP contribution in [0, 0.1) is 0 Å². The molecule has 2 aromatic rings. The first-order valence-corrected chi connectivity index (χ1v) is 11.7. The van der Waals surface area contributed by atoms with Gasteiger partial charge in [-0.2, -0.15) is 0 Å². The molecule has 2 N–H and O–H groups in total. The molecule has 1 atom stereocenters. The van der Waals surface area contributed by atoms with Gasteiger partial charge in [-0.1, -0.05) is 30.3 Å². The normalized spacial score (nSPS) is 14.9. The van der Waals surface area contributed by atoms with Crippen molar-refractivity contribution in [2.45, 2.75) is 18.9 Å². The summed E-state index contributed by atoms with van der Waals surface area (Å²) in [6.07, 6.45) is 0.358. The molecule has 11 heteroatoms. The van der Waals surface area contributed by atoms with Gasteiger partial charge in [0.25, 0.3) is 5.91 Å². The zero-order valence-corrected chi connectivity index (χ0v) is 21.2. The standard InChI is InChI=1S/C25H29N3O7S/c1-32-19-13-17(14-20(33-2)22(19)34-3)23(30)27-25(36)28-11-10-26-24(31)18(28)15-21(29)35-12-9-16-7-5-4-6-8-16/h4-8,13-14,18H,9-12,15H2,1-3H3,(H,26,31)(H,27,30,36). The molecular formula is C25H29N3O7S. The Kier molecular flexibility index (Phi) is 9.46. The molecule has 192 valence electrons. The molecule has 3 rings (SSSR count). The SMILES string of the molecule is COc1cc(C(=O)NC(=S)N2CCNC(=O)C2CC(=O)OCCc2ccccc2)cc(OC)c1OC. The lowest BCUT2D eigenvalue weighted by molar-refractivity contribution is -0.147. The topological polar surface area (TPSA) is 115 Å². The number of nitrogens with zero attached hydrogens (tertiary/aromatic N) is 1. The highest BCUT2D eigenvalue weighted by Crippen LogP contribution is 2.38. The van der Waals surface area contributed by atoms with E-state index in [2.05, 4.69) is 10.6 Å². The molecule has 2 amide bonds. The molecule has 0 saturated carbocycles. The zero-order chi connectivity index (χ0) is 26.1. The lowest BCUT2D eigenvalue weighted by Crippen LogP contribution is -2.60. The molecule has 36 heavy (non-hydrogen) atoms. The van der Waals surface area contributed by atoms with Crippen molar-refractivity contribution < 1.29 is 33.3 Å². The Balaban J connectivity index is 1.64. The van der Waals surface area contributed by atoms with Crippen molar-refractivity contribution >= 4 is 35.1 Å². The number of carbonyl (C=O) groups excluding carboxylic acids is 3. The maximum absolute atomic E-state index is 13.0. The molecule has 0 aromatic heterocycles. The first-order valence-electron chi connectivity index (χ1n) is 11.3. The second kappa shape index (κ2) is 12.7. The largest absolute Gasteiger partial charge is 0.493 e. The van der Waals surface area contributed by atoms with Crippen LogP contribution in [0.2, 0.25) is 0 Å². The number of benzene rings is 2. The van der Waals surface area contributed by atoms with Crippen LogP contribution in [0.4, 0.5) is 0 Å². The summed E-state index contributed by atoms with van der Waals surface area (Å²) in [5.74, 6) is -0.475. The summed E-state index contributed by atoms with van der Waals surface area (Å²) in [7, 11) is 4.35. The fourth-order valence-electron chi connectivity index (χ4n) is 3.76. The molecule has 1 aliphatic heterocycles. The van der Waals surface area contributed by atoms with Crippen molar-refractivity contribution in [2.24, 2.45) is 0 Å². The third-order valence-corrected chi connectivity index (χ3v) is 5.93. The van der Waals surface area contributed by atoms with Crippen molar-refractivity contribution in [3.63, 3.8) is 0 Å². The van der Waals surface area contributed by atoms with Crippen LogP contribution < -0.4 is 24.8 Å². The number of ether oxygens (including phenoxy) is 4. The van der Waals surface area contributed by atoms with Gasteiger partial charge in [-0.15, -0.1) is 0 Å². The first-order chi connectivity index (χ1) is 17.4. The number of methoxy groups -OCH3 is 3. The number of hydrogen-bond acceptors (Lipinski definition) is 8. The van der Waals surface area contributed by atoms with Crippen molar-refractivity contribution in [1.82, 2.24) is 15.5 Å². The minimum Gasteiger partial charge on any atom is -0.493 e. The van der Waals surface area contributed by atoms with Crippen LogP contribution in [0.15, 0.2) is 42.5 Å². The van der Waals surface area contributed by atoms with Gasteiger partial charge in [0.05, 0.1) is 34.4 Å². The highest BCUT2D eigenvalue weighted by Gasteiger charge is 2.34. The van der Waals surface area contributed by atoms with Gasteiger partial charge in [0.1, 0.15) is 6.04 Å². The highest BCUT2D eigenvalue weighted by atomic mass is 32.1. The summed E-state index contributed by atoms with van der Waals surface area (Å²) in [5.41, 5.74) is 1.25. The second-order valence-corrected chi connectivity index (χ2v) is 8.22. The maximum Gasteiger partial charge on any atom is 0.308 e. The number of rotatable bonds is 9. The van der Waals surface area contributed by atoms with Crippen LogP contribution in [0.5, 0.6) is 17.2 Å². The molecule has 0 aliphatic carbocycles. The lowest BCUT2D eigenvalue weighted by Gasteiger charge is -2.36. The fraction of sp³-hybridized carbons (Fsp3) is 0.360. The average Bonchev–Trinajstić information content (AvgIpc) is 2.89. The Hall–Kier alpha value is -3.86. The second-order valence-electron chi connectivity index (χ2n) is 7.83. The number of thiocarbonyl (C=S) groups is 1. The van der Waals surface area contributed by atoms with E-state index in [0.717, 1.165) is 5.56 Å². The van der Waals surface area contributed by atoms with Gasteiger partial charge in [-0.25, -0.2) is 0 Å². The number of esters is 1. The number of amides is 2. The van der Waals surface area contributed by atoms with Crippen LogP contribution in [0.1, 0.15) is 22.3 Å². The van der Waals surface area contributed by atoms with Crippen molar-refractivity contribution in [3.8, 4) is 17.2 Å². The van der Waals surface area contributed by atoms with E-state index < -0.39 is 17.9 Å².